The highest BCUT2D eigenvalue weighted by atomic mass is 15.4. The van der Waals surface area contributed by atoms with Crippen LogP contribution in [0.4, 0.5) is 0 Å². The van der Waals surface area contributed by atoms with Crippen LogP contribution in [0.5, 0.6) is 0 Å². The van der Waals surface area contributed by atoms with E-state index in [0.717, 1.165) is 37.3 Å². The average Bonchev–Trinajstić information content (AvgIpc) is 3.01. The van der Waals surface area contributed by atoms with E-state index in [1.165, 1.54) is 22.3 Å². The largest absolute Gasteiger partial charge is 0.288 e. The molecule has 0 saturated heterocycles. The monoisotopic (exact) mass is 522 g/mol. The van der Waals surface area contributed by atoms with Gasteiger partial charge < -0.3 is 0 Å². The van der Waals surface area contributed by atoms with Crippen LogP contribution in [0.2, 0.25) is 0 Å². The fourth-order valence-corrected chi connectivity index (χ4v) is 4.49. The predicted molar refractivity (Wildman–Crippen MR) is 166 cm³/mol. The highest BCUT2D eigenvalue weighted by molar-refractivity contribution is 5.94. The van der Waals surface area contributed by atoms with E-state index >= 15 is 0 Å². The molecule has 0 aliphatic rings. The highest BCUT2D eigenvalue weighted by Gasteiger charge is 2.07. The summed E-state index contributed by atoms with van der Waals surface area (Å²) in [5.41, 5.74) is 6.95. The van der Waals surface area contributed by atoms with Gasteiger partial charge in [-0.2, -0.15) is 10.2 Å². The standard InChI is InChI=1S/C36H34N4/c1-5-15-31(16-6-1)27-39(28-32-17-7-2-8-18-32)37-25-35-23-13-14-24-36(35)26-38-40(29-33-19-9-3-10-20-33)30-34-21-11-4-12-22-34/h1-26H,27-30H2. The summed E-state index contributed by atoms with van der Waals surface area (Å²) < 4.78 is 0. The molecule has 0 bridgehead atoms. The van der Waals surface area contributed by atoms with Gasteiger partial charge in [0, 0.05) is 11.1 Å². The third kappa shape index (κ3) is 8.27. The van der Waals surface area contributed by atoms with Crippen molar-refractivity contribution in [3.63, 3.8) is 0 Å². The third-order valence-corrected chi connectivity index (χ3v) is 6.55. The van der Waals surface area contributed by atoms with Crippen LogP contribution < -0.4 is 0 Å². The van der Waals surface area contributed by atoms with E-state index in [1.807, 2.05) is 48.8 Å². The molecule has 198 valence electrons. The lowest BCUT2D eigenvalue weighted by atomic mass is 10.1. The maximum absolute atomic E-state index is 4.94. The zero-order chi connectivity index (χ0) is 27.2. The lowest BCUT2D eigenvalue weighted by Gasteiger charge is -2.20. The molecule has 5 aromatic rings. The van der Waals surface area contributed by atoms with Gasteiger partial charge in [-0.1, -0.05) is 146 Å². The van der Waals surface area contributed by atoms with Crippen molar-refractivity contribution in [2.75, 3.05) is 0 Å². The number of rotatable bonds is 12. The summed E-state index contributed by atoms with van der Waals surface area (Å²) in [5, 5.41) is 14.1. The Kier molecular flexibility index (Phi) is 9.50. The molecule has 0 amide bonds. The molecule has 0 aliphatic carbocycles. The second-order valence-corrected chi connectivity index (χ2v) is 9.71. The van der Waals surface area contributed by atoms with Crippen LogP contribution in [0.15, 0.2) is 156 Å². The fourth-order valence-electron chi connectivity index (χ4n) is 4.49. The third-order valence-electron chi connectivity index (χ3n) is 6.55. The first-order valence-corrected chi connectivity index (χ1v) is 13.6. The van der Waals surface area contributed by atoms with E-state index in [4.69, 9.17) is 10.2 Å². The summed E-state index contributed by atoms with van der Waals surface area (Å²) in [4.78, 5) is 0. The lowest BCUT2D eigenvalue weighted by Crippen LogP contribution is -2.18. The summed E-state index contributed by atoms with van der Waals surface area (Å²) in [7, 11) is 0. The molecule has 4 heteroatoms. The first-order chi connectivity index (χ1) is 19.8. The Morgan fingerprint density at radius 3 is 0.875 bits per heavy atom. The Morgan fingerprint density at radius 2 is 0.600 bits per heavy atom. The van der Waals surface area contributed by atoms with Crippen LogP contribution >= 0.6 is 0 Å². The molecule has 0 aliphatic heterocycles. The minimum Gasteiger partial charge on any atom is -0.288 e. The molecule has 5 rings (SSSR count). The normalized spacial score (nSPS) is 11.2. The molecule has 0 fully saturated rings. The summed E-state index contributed by atoms with van der Waals surface area (Å²) >= 11 is 0. The smallest absolute Gasteiger partial charge is 0.0614 e. The number of hydrogen-bond acceptors (Lipinski definition) is 4. The van der Waals surface area contributed by atoms with Gasteiger partial charge in [0.05, 0.1) is 38.6 Å². The first kappa shape index (κ1) is 26.6. The van der Waals surface area contributed by atoms with Crippen molar-refractivity contribution >= 4 is 12.4 Å². The second kappa shape index (κ2) is 14.3. The quantitative estimate of drug-likeness (QED) is 0.124. The minimum absolute atomic E-state index is 0.727. The Labute approximate surface area is 237 Å². The lowest BCUT2D eigenvalue weighted by molar-refractivity contribution is 0.272. The van der Waals surface area contributed by atoms with Crippen molar-refractivity contribution in [1.29, 1.82) is 0 Å². The molecule has 4 nitrogen and oxygen atoms in total. The van der Waals surface area contributed by atoms with Crippen LogP contribution in [-0.4, -0.2) is 22.4 Å². The zero-order valence-corrected chi connectivity index (χ0v) is 22.6. The van der Waals surface area contributed by atoms with Gasteiger partial charge in [-0.3, -0.25) is 10.0 Å². The Morgan fingerprint density at radius 1 is 0.350 bits per heavy atom. The maximum Gasteiger partial charge on any atom is 0.0614 e. The molecule has 40 heavy (non-hydrogen) atoms. The summed E-state index contributed by atoms with van der Waals surface area (Å²) in [6.45, 7) is 2.91. The molecular weight excluding hydrogens is 488 g/mol. The fraction of sp³-hybridized carbons (Fsp3) is 0.111. The summed E-state index contributed by atoms with van der Waals surface area (Å²) in [6.07, 6.45) is 3.90. The van der Waals surface area contributed by atoms with Crippen molar-refractivity contribution in [3.05, 3.63) is 179 Å². The van der Waals surface area contributed by atoms with E-state index in [9.17, 15) is 0 Å². The van der Waals surface area contributed by atoms with E-state index in [-0.39, 0.29) is 0 Å². The van der Waals surface area contributed by atoms with E-state index in [1.54, 1.807) is 0 Å². The molecule has 0 heterocycles. The molecule has 5 aromatic carbocycles. The van der Waals surface area contributed by atoms with Crippen LogP contribution in [-0.2, 0) is 26.2 Å². The predicted octanol–water partition coefficient (Wildman–Crippen LogP) is 7.76. The van der Waals surface area contributed by atoms with Crippen molar-refractivity contribution in [3.8, 4) is 0 Å². The first-order valence-electron chi connectivity index (χ1n) is 13.6. The van der Waals surface area contributed by atoms with Gasteiger partial charge in [-0.15, -0.1) is 0 Å². The van der Waals surface area contributed by atoms with Gasteiger partial charge in [0.2, 0.25) is 0 Å². The van der Waals surface area contributed by atoms with Crippen molar-refractivity contribution < 1.29 is 0 Å². The number of nitrogens with zero attached hydrogens (tertiary/aromatic N) is 4. The molecule has 0 N–H and O–H groups in total. The van der Waals surface area contributed by atoms with Gasteiger partial charge >= 0.3 is 0 Å². The molecule has 0 radical (unpaired) electrons. The van der Waals surface area contributed by atoms with Crippen molar-refractivity contribution in [2.24, 2.45) is 10.2 Å². The molecule has 0 atom stereocenters. The van der Waals surface area contributed by atoms with E-state index in [2.05, 4.69) is 119 Å². The summed E-state index contributed by atoms with van der Waals surface area (Å²) in [5.74, 6) is 0. The SMILES string of the molecule is C(=NN(Cc1ccccc1)Cc1ccccc1)c1ccccc1C=NN(Cc1ccccc1)Cc1ccccc1. The van der Waals surface area contributed by atoms with Crippen LogP contribution in [0.25, 0.3) is 0 Å². The van der Waals surface area contributed by atoms with E-state index < -0.39 is 0 Å². The molecule has 0 spiro atoms. The summed E-state index contributed by atoms with van der Waals surface area (Å²) in [6, 6.07) is 50.1. The van der Waals surface area contributed by atoms with Crippen LogP contribution in [0.3, 0.4) is 0 Å². The van der Waals surface area contributed by atoms with Crippen LogP contribution in [0.1, 0.15) is 33.4 Å². The molecular formula is C36H34N4. The maximum atomic E-state index is 4.94. The van der Waals surface area contributed by atoms with Gasteiger partial charge in [-0.25, -0.2) is 0 Å². The Hall–Kier alpha value is -4.96. The number of hydrogen-bond donors (Lipinski definition) is 0. The van der Waals surface area contributed by atoms with E-state index in [0.29, 0.717) is 0 Å². The molecule has 0 saturated carbocycles. The second-order valence-electron chi connectivity index (χ2n) is 9.71. The number of hydrazone groups is 2. The zero-order valence-electron chi connectivity index (χ0n) is 22.6. The Bertz CT molecular complexity index is 1280. The Balaban J connectivity index is 1.37. The highest BCUT2D eigenvalue weighted by Crippen LogP contribution is 2.14. The van der Waals surface area contributed by atoms with Crippen LogP contribution in [0, 0.1) is 0 Å². The molecule has 0 aromatic heterocycles. The van der Waals surface area contributed by atoms with Gasteiger partial charge in [0.15, 0.2) is 0 Å². The average molecular weight is 523 g/mol. The van der Waals surface area contributed by atoms with Gasteiger partial charge in [0.25, 0.3) is 0 Å². The van der Waals surface area contributed by atoms with Gasteiger partial charge in [0.1, 0.15) is 0 Å². The van der Waals surface area contributed by atoms with Crippen molar-refractivity contribution in [1.82, 2.24) is 10.0 Å². The topological polar surface area (TPSA) is 31.2 Å². The molecule has 0 unspecified atom stereocenters. The van der Waals surface area contributed by atoms with Crippen molar-refractivity contribution in [2.45, 2.75) is 26.2 Å². The van der Waals surface area contributed by atoms with Gasteiger partial charge in [-0.05, 0) is 22.3 Å². The minimum atomic E-state index is 0.727. The number of benzene rings is 5.